The number of carboxylic acid groups (broad SMARTS) is 1. The Labute approximate surface area is 128 Å². The van der Waals surface area contributed by atoms with Crippen molar-refractivity contribution in [2.45, 2.75) is 46.0 Å². The number of aryl methyl sites for hydroxylation is 2. The molecule has 1 aromatic rings. The van der Waals surface area contributed by atoms with Crippen LogP contribution >= 0.6 is 11.3 Å². The van der Waals surface area contributed by atoms with Crippen LogP contribution < -0.4 is 5.32 Å². The van der Waals surface area contributed by atoms with Crippen molar-refractivity contribution >= 4 is 23.2 Å². The Hall–Kier alpha value is -1.43. The van der Waals surface area contributed by atoms with Crippen LogP contribution in [0.1, 0.15) is 41.3 Å². The van der Waals surface area contributed by atoms with E-state index in [1.54, 1.807) is 11.3 Å². The normalized spacial score (nSPS) is 22.0. The van der Waals surface area contributed by atoms with Gasteiger partial charge in [0.1, 0.15) is 0 Å². The summed E-state index contributed by atoms with van der Waals surface area (Å²) in [5.41, 5.74) is 1.05. The van der Waals surface area contributed by atoms with Crippen molar-refractivity contribution in [1.29, 1.82) is 0 Å². The summed E-state index contributed by atoms with van der Waals surface area (Å²) >= 11 is 1.68. The van der Waals surface area contributed by atoms with E-state index in [2.05, 4.69) is 10.3 Å². The topological polar surface area (TPSA) is 79.3 Å². The molecule has 0 spiro atoms. The zero-order chi connectivity index (χ0) is 15.4. The zero-order valence-corrected chi connectivity index (χ0v) is 13.3. The first-order valence-corrected chi connectivity index (χ1v) is 8.22. The van der Waals surface area contributed by atoms with Gasteiger partial charge in [-0.3, -0.25) is 9.59 Å². The summed E-state index contributed by atoms with van der Waals surface area (Å²) < 4.78 is 0. The number of thiazole rings is 1. The van der Waals surface area contributed by atoms with Gasteiger partial charge in [-0.15, -0.1) is 11.3 Å². The molecule has 1 amide bonds. The molecule has 0 radical (unpaired) electrons. The lowest BCUT2D eigenvalue weighted by Crippen LogP contribution is -2.35. The maximum Gasteiger partial charge on any atom is 0.306 e. The summed E-state index contributed by atoms with van der Waals surface area (Å²) in [6.07, 6.45) is 3.40. The van der Waals surface area contributed by atoms with Crippen molar-refractivity contribution in [2.75, 3.05) is 6.54 Å². The first-order valence-electron chi connectivity index (χ1n) is 7.40. The summed E-state index contributed by atoms with van der Waals surface area (Å²) in [5.74, 6) is -0.954. The maximum absolute atomic E-state index is 12.1. The number of carbonyl (C=O) groups is 2. The summed E-state index contributed by atoms with van der Waals surface area (Å²) in [6.45, 7) is 4.61. The second-order valence-corrected chi connectivity index (χ2v) is 6.96. The average Bonchev–Trinajstić information content (AvgIpc) is 2.77. The second kappa shape index (κ2) is 7.02. The molecule has 0 saturated heterocycles. The number of hydrogen-bond donors (Lipinski definition) is 2. The molecule has 0 aromatic carbocycles. The molecule has 1 aromatic heterocycles. The quantitative estimate of drug-likeness (QED) is 0.874. The molecule has 6 heteroatoms. The van der Waals surface area contributed by atoms with E-state index in [9.17, 15) is 9.59 Å². The van der Waals surface area contributed by atoms with Crippen LogP contribution in [-0.2, 0) is 16.0 Å². The van der Waals surface area contributed by atoms with Crippen LogP contribution in [-0.4, -0.2) is 28.5 Å². The number of aromatic nitrogens is 1. The number of rotatable bonds is 5. The molecule has 21 heavy (non-hydrogen) atoms. The molecule has 0 aliphatic heterocycles. The van der Waals surface area contributed by atoms with Gasteiger partial charge in [0.15, 0.2) is 0 Å². The number of nitrogens with one attached hydrogen (secondary N) is 1. The Kier molecular flexibility index (Phi) is 5.33. The first-order chi connectivity index (χ1) is 9.97. The van der Waals surface area contributed by atoms with Crippen molar-refractivity contribution in [3.05, 3.63) is 15.6 Å². The molecule has 1 fully saturated rings. The van der Waals surface area contributed by atoms with Crippen LogP contribution in [0.25, 0.3) is 0 Å². The average molecular weight is 310 g/mol. The number of carbonyl (C=O) groups excluding carboxylic acids is 1. The predicted octanol–water partition coefficient (Wildman–Crippen LogP) is 2.31. The van der Waals surface area contributed by atoms with Gasteiger partial charge in [0.25, 0.3) is 0 Å². The molecule has 1 aliphatic rings. The van der Waals surface area contributed by atoms with Crippen molar-refractivity contribution in [1.82, 2.24) is 10.3 Å². The minimum atomic E-state index is -0.732. The fourth-order valence-corrected chi connectivity index (χ4v) is 3.79. The minimum absolute atomic E-state index is 0.0232. The minimum Gasteiger partial charge on any atom is -0.481 e. The van der Waals surface area contributed by atoms with Crippen LogP contribution in [0.3, 0.4) is 0 Å². The van der Waals surface area contributed by atoms with Crippen molar-refractivity contribution in [3.8, 4) is 0 Å². The number of hydrogen-bond acceptors (Lipinski definition) is 4. The van der Waals surface area contributed by atoms with Gasteiger partial charge in [-0.05, 0) is 39.5 Å². The lowest BCUT2D eigenvalue weighted by Gasteiger charge is -2.25. The molecule has 1 aliphatic carbocycles. The molecule has 0 atom stereocenters. The van der Waals surface area contributed by atoms with Gasteiger partial charge in [-0.1, -0.05) is 0 Å². The molecule has 5 nitrogen and oxygen atoms in total. The van der Waals surface area contributed by atoms with Gasteiger partial charge < -0.3 is 10.4 Å². The van der Waals surface area contributed by atoms with E-state index < -0.39 is 5.97 Å². The Morgan fingerprint density at radius 1 is 1.24 bits per heavy atom. The Morgan fingerprint density at radius 2 is 1.86 bits per heavy atom. The first kappa shape index (κ1) is 15.9. The molecule has 1 saturated carbocycles. The molecule has 1 heterocycles. The Bertz CT molecular complexity index is 519. The van der Waals surface area contributed by atoms with Gasteiger partial charge in [0, 0.05) is 23.8 Å². The van der Waals surface area contributed by atoms with Gasteiger partial charge in [0.05, 0.1) is 16.6 Å². The highest BCUT2D eigenvalue weighted by molar-refractivity contribution is 7.11. The fourth-order valence-electron chi connectivity index (χ4n) is 2.85. The molecule has 2 N–H and O–H groups in total. The Balaban J connectivity index is 1.73. The second-order valence-electron chi connectivity index (χ2n) is 5.67. The van der Waals surface area contributed by atoms with Crippen LogP contribution in [0.5, 0.6) is 0 Å². The van der Waals surface area contributed by atoms with E-state index in [1.165, 1.54) is 4.88 Å². The van der Waals surface area contributed by atoms with E-state index in [1.807, 2.05) is 13.8 Å². The molecule has 2 rings (SSSR count). The maximum atomic E-state index is 12.1. The van der Waals surface area contributed by atoms with Crippen LogP contribution in [0.4, 0.5) is 0 Å². The standard InChI is InChI=1S/C15H22N2O3S/c1-9-13(21-10(2)17-9)7-8-16-14(18)11-3-5-12(6-4-11)15(19)20/h11-12H,3-8H2,1-2H3,(H,16,18)(H,19,20). The Morgan fingerprint density at radius 3 is 2.38 bits per heavy atom. The third-order valence-electron chi connectivity index (χ3n) is 4.10. The number of nitrogens with zero attached hydrogens (tertiary/aromatic N) is 1. The number of carboxylic acids is 1. The van der Waals surface area contributed by atoms with E-state index in [0.29, 0.717) is 32.2 Å². The lowest BCUT2D eigenvalue weighted by atomic mass is 9.81. The molecule has 116 valence electrons. The van der Waals surface area contributed by atoms with E-state index in [-0.39, 0.29) is 17.7 Å². The van der Waals surface area contributed by atoms with Gasteiger partial charge in [-0.2, -0.15) is 0 Å². The highest BCUT2D eigenvalue weighted by atomic mass is 32.1. The molecular formula is C15H22N2O3S. The summed E-state index contributed by atoms with van der Waals surface area (Å²) in [7, 11) is 0. The summed E-state index contributed by atoms with van der Waals surface area (Å²) in [6, 6.07) is 0. The van der Waals surface area contributed by atoms with E-state index >= 15 is 0 Å². The zero-order valence-electron chi connectivity index (χ0n) is 12.5. The third-order valence-corrected chi connectivity index (χ3v) is 5.23. The van der Waals surface area contributed by atoms with Crippen molar-refractivity contribution in [3.63, 3.8) is 0 Å². The van der Waals surface area contributed by atoms with Gasteiger partial charge in [-0.25, -0.2) is 4.98 Å². The van der Waals surface area contributed by atoms with E-state index in [4.69, 9.17) is 5.11 Å². The summed E-state index contributed by atoms with van der Waals surface area (Å²) in [4.78, 5) is 28.6. The van der Waals surface area contributed by atoms with Crippen molar-refractivity contribution in [2.24, 2.45) is 11.8 Å². The third kappa shape index (κ3) is 4.27. The number of aliphatic carboxylic acids is 1. The highest BCUT2D eigenvalue weighted by Crippen LogP contribution is 2.29. The van der Waals surface area contributed by atoms with Gasteiger partial charge >= 0.3 is 5.97 Å². The van der Waals surface area contributed by atoms with Crippen LogP contribution in [0.15, 0.2) is 0 Å². The van der Waals surface area contributed by atoms with Crippen LogP contribution in [0, 0.1) is 25.7 Å². The van der Waals surface area contributed by atoms with Gasteiger partial charge in [0.2, 0.25) is 5.91 Å². The molecule has 0 bridgehead atoms. The highest BCUT2D eigenvalue weighted by Gasteiger charge is 2.29. The molecular weight excluding hydrogens is 288 g/mol. The fraction of sp³-hybridized carbons (Fsp3) is 0.667. The van der Waals surface area contributed by atoms with Crippen LogP contribution in [0.2, 0.25) is 0 Å². The predicted molar refractivity (Wildman–Crippen MR) is 81.4 cm³/mol. The van der Waals surface area contributed by atoms with Crippen molar-refractivity contribution < 1.29 is 14.7 Å². The number of amides is 1. The SMILES string of the molecule is Cc1nc(C)c(CCNC(=O)C2CCC(C(=O)O)CC2)s1. The largest absolute Gasteiger partial charge is 0.481 e. The molecule has 0 unspecified atom stereocenters. The summed E-state index contributed by atoms with van der Waals surface area (Å²) in [5, 5.41) is 13.0. The van der Waals surface area contributed by atoms with E-state index in [0.717, 1.165) is 17.1 Å². The lowest BCUT2D eigenvalue weighted by molar-refractivity contribution is -0.144. The monoisotopic (exact) mass is 310 g/mol. The smallest absolute Gasteiger partial charge is 0.306 e.